The lowest BCUT2D eigenvalue weighted by atomic mass is 9.70. The van der Waals surface area contributed by atoms with Crippen LogP contribution in [0.4, 0.5) is 0 Å². The number of fused-ring (bicyclic) bond motifs is 3. The molecule has 0 atom stereocenters. The summed E-state index contributed by atoms with van der Waals surface area (Å²) in [5.41, 5.74) is 13.6. The maximum atomic E-state index is 9.74. The Morgan fingerprint density at radius 1 is 1.06 bits per heavy atom. The van der Waals surface area contributed by atoms with E-state index < -0.39 is 5.54 Å². The second-order valence-corrected chi connectivity index (χ2v) is 9.10. The van der Waals surface area contributed by atoms with Crippen LogP contribution in [0.5, 0.6) is 0 Å². The van der Waals surface area contributed by atoms with Crippen LogP contribution in [0.25, 0.3) is 39.1 Å². The van der Waals surface area contributed by atoms with Crippen LogP contribution in [0.15, 0.2) is 66.9 Å². The fourth-order valence-corrected chi connectivity index (χ4v) is 4.79. The number of aliphatic hydroxyl groups is 1. The van der Waals surface area contributed by atoms with Crippen LogP contribution in [0.3, 0.4) is 0 Å². The topological polar surface area (TPSA) is 113 Å². The number of rotatable bonds is 3. The Balaban J connectivity index is 1.55. The summed E-state index contributed by atoms with van der Waals surface area (Å²) in [6.45, 7) is 1.94. The van der Waals surface area contributed by atoms with Gasteiger partial charge in [0.25, 0.3) is 0 Å². The number of aliphatic hydroxyl groups excluding tert-OH is 1. The Morgan fingerprint density at radius 2 is 1.76 bits per heavy atom. The van der Waals surface area contributed by atoms with E-state index in [1.54, 1.807) is 4.52 Å². The third kappa shape index (κ3) is 3.24. The highest BCUT2D eigenvalue weighted by Gasteiger charge is 2.41. The van der Waals surface area contributed by atoms with E-state index in [0.29, 0.717) is 18.4 Å². The summed E-state index contributed by atoms with van der Waals surface area (Å²) in [5, 5.41) is 24.4. The number of hydrogen-bond acceptors (Lipinski definition) is 6. The molecule has 3 heterocycles. The van der Waals surface area contributed by atoms with Gasteiger partial charge >= 0.3 is 0 Å². The zero-order chi connectivity index (χ0) is 23.4. The van der Waals surface area contributed by atoms with E-state index in [2.05, 4.69) is 22.2 Å². The number of aryl methyl sites for hydroxylation is 1. The zero-order valence-electron chi connectivity index (χ0n) is 18.6. The largest absolute Gasteiger partial charge is 0.393 e. The Morgan fingerprint density at radius 3 is 2.44 bits per heavy atom. The quantitative estimate of drug-likeness (QED) is 0.431. The normalized spacial score (nSPS) is 19.8. The molecule has 7 heteroatoms. The third-order valence-corrected chi connectivity index (χ3v) is 6.64. The van der Waals surface area contributed by atoms with Crippen molar-refractivity contribution in [3.8, 4) is 28.5 Å². The van der Waals surface area contributed by atoms with E-state index in [1.807, 2.05) is 67.7 Å². The summed E-state index contributed by atoms with van der Waals surface area (Å²) in [6, 6.07) is 21.8. The number of nitrogens with two attached hydrogens (primary N) is 1. The van der Waals surface area contributed by atoms with Gasteiger partial charge in [-0.05, 0) is 49.1 Å². The molecule has 1 aliphatic carbocycles. The van der Waals surface area contributed by atoms with E-state index in [4.69, 9.17) is 10.7 Å². The average molecular weight is 447 g/mol. The molecule has 0 saturated heterocycles. The molecule has 34 heavy (non-hydrogen) atoms. The lowest BCUT2D eigenvalue weighted by Crippen LogP contribution is -2.51. The maximum Gasteiger partial charge on any atom is 0.165 e. The molecule has 7 nitrogen and oxygen atoms in total. The van der Waals surface area contributed by atoms with Crippen LogP contribution in [-0.4, -0.2) is 30.8 Å². The lowest BCUT2D eigenvalue weighted by Gasteiger charge is -2.42. The molecule has 2 aromatic carbocycles. The minimum atomic E-state index is -0.477. The number of nitriles is 1. The molecule has 3 N–H and O–H groups in total. The summed E-state index contributed by atoms with van der Waals surface area (Å²) in [7, 11) is 0. The van der Waals surface area contributed by atoms with Gasteiger partial charge in [-0.2, -0.15) is 14.9 Å². The number of benzene rings is 2. The number of nitrogens with zero attached hydrogens (tertiary/aromatic N) is 5. The highest BCUT2D eigenvalue weighted by atomic mass is 16.3. The van der Waals surface area contributed by atoms with Gasteiger partial charge < -0.3 is 10.8 Å². The van der Waals surface area contributed by atoms with Crippen LogP contribution in [0.1, 0.15) is 29.7 Å². The summed E-state index contributed by atoms with van der Waals surface area (Å²) in [4.78, 5) is 9.61. The second-order valence-electron chi connectivity index (χ2n) is 9.10. The van der Waals surface area contributed by atoms with Crippen LogP contribution >= 0.6 is 0 Å². The fraction of sp³-hybridized carbons (Fsp3) is 0.185. The van der Waals surface area contributed by atoms with Gasteiger partial charge in [0.15, 0.2) is 11.3 Å². The molecule has 6 rings (SSSR count). The van der Waals surface area contributed by atoms with Crippen molar-refractivity contribution in [2.24, 2.45) is 5.73 Å². The molecule has 0 unspecified atom stereocenters. The molecule has 0 bridgehead atoms. The van der Waals surface area contributed by atoms with Crippen LogP contribution < -0.4 is 5.73 Å². The third-order valence-electron chi connectivity index (χ3n) is 6.64. The van der Waals surface area contributed by atoms with Crippen molar-refractivity contribution in [1.29, 1.82) is 5.26 Å². The molecule has 1 fully saturated rings. The average Bonchev–Trinajstić information content (AvgIpc) is 3.23. The van der Waals surface area contributed by atoms with Crippen molar-refractivity contribution in [1.82, 2.24) is 19.6 Å². The van der Waals surface area contributed by atoms with E-state index in [9.17, 15) is 10.4 Å². The first-order chi connectivity index (χ1) is 16.4. The summed E-state index contributed by atoms with van der Waals surface area (Å²) in [6.07, 6.45) is 2.63. The van der Waals surface area contributed by atoms with E-state index in [0.717, 1.165) is 50.3 Å². The minimum absolute atomic E-state index is 0.330. The second kappa shape index (κ2) is 7.45. The van der Waals surface area contributed by atoms with Crippen molar-refractivity contribution >= 4 is 16.7 Å². The standard InChI is InChI=1S/C27H22N6O/c1-16-10-24-30-15-20-11-23(18-4-2-17(14-28)3-5-18)25(31-26(20)33(24)32-16)19-6-8-21(9-7-19)27(29)12-22(34)13-27/h2-11,15,22,34H,12-13,29H2,1H3. The van der Waals surface area contributed by atoms with Crippen molar-refractivity contribution in [3.63, 3.8) is 0 Å². The lowest BCUT2D eigenvalue weighted by molar-refractivity contribution is 0.0209. The van der Waals surface area contributed by atoms with Gasteiger partial charge in [0.05, 0.1) is 29.1 Å². The molecular weight excluding hydrogens is 424 g/mol. The first kappa shape index (κ1) is 20.5. The van der Waals surface area contributed by atoms with Crippen LogP contribution in [0, 0.1) is 18.3 Å². The first-order valence-electron chi connectivity index (χ1n) is 11.2. The zero-order valence-corrected chi connectivity index (χ0v) is 18.6. The van der Waals surface area contributed by atoms with Crippen molar-refractivity contribution < 1.29 is 5.11 Å². The molecule has 0 amide bonds. The Hall–Kier alpha value is -4.12. The Labute approximate surface area is 196 Å². The summed E-state index contributed by atoms with van der Waals surface area (Å²) >= 11 is 0. The summed E-state index contributed by atoms with van der Waals surface area (Å²) < 4.78 is 1.77. The molecule has 5 aromatic rings. The fourth-order valence-electron chi connectivity index (χ4n) is 4.79. The Bertz CT molecular complexity index is 1590. The van der Waals surface area contributed by atoms with Crippen molar-refractivity contribution in [2.45, 2.75) is 31.4 Å². The Kier molecular flexibility index (Phi) is 4.49. The van der Waals surface area contributed by atoms with Gasteiger partial charge in [-0.25, -0.2) is 9.97 Å². The van der Waals surface area contributed by atoms with Crippen LogP contribution in [0.2, 0.25) is 0 Å². The molecule has 0 aliphatic heterocycles. The van der Waals surface area contributed by atoms with E-state index >= 15 is 0 Å². The highest BCUT2D eigenvalue weighted by molar-refractivity contribution is 5.90. The molecule has 1 aliphatic rings. The maximum absolute atomic E-state index is 9.74. The highest BCUT2D eigenvalue weighted by Crippen LogP contribution is 2.40. The van der Waals surface area contributed by atoms with E-state index in [1.165, 1.54) is 0 Å². The number of pyridine rings is 1. The predicted octanol–water partition coefficient (Wildman–Crippen LogP) is 4.10. The SMILES string of the molecule is Cc1cc2ncc3cc(-c4ccc(C#N)cc4)c(-c4ccc(C5(N)CC(O)C5)cc4)nc3n2n1. The van der Waals surface area contributed by atoms with Gasteiger partial charge in [-0.1, -0.05) is 36.4 Å². The predicted molar refractivity (Wildman–Crippen MR) is 130 cm³/mol. The van der Waals surface area contributed by atoms with Gasteiger partial charge in [0, 0.05) is 34.3 Å². The molecule has 0 spiro atoms. The van der Waals surface area contributed by atoms with E-state index in [-0.39, 0.29) is 6.10 Å². The molecule has 3 aromatic heterocycles. The monoisotopic (exact) mass is 446 g/mol. The summed E-state index contributed by atoms with van der Waals surface area (Å²) in [5.74, 6) is 0. The molecule has 166 valence electrons. The first-order valence-corrected chi connectivity index (χ1v) is 11.2. The number of aromatic nitrogens is 4. The molecule has 0 radical (unpaired) electrons. The van der Waals surface area contributed by atoms with Gasteiger partial charge in [-0.3, -0.25) is 0 Å². The van der Waals surface area contributed by atoms with Crippen molar-refractivity contribution in [2.75, 3.05) is 0 Å². The van der Waals surface area contributed by atoms with Gasteiger partial charge in [0.1, 0.15) is 0 Å². The van der Waals surface area contributed by atoms with Crippen LogP contribution in [-0.2, 0) is 5.54 Å². The van der Waals surface area contributed by atoms with Crippen molar-refractivity contribution in [3.05, 3.63) is 83.7 Å². The minimum Gasteiger partial charge on any atom is -0.393 e. The molecule has 1 saturated carbocycles. The molecular formula is C27H22N6O. The van der Waals surface area contributed by atoms with Gasteiger partial charge in [0.2, 0.25) is 0 Å². The number of hydrogen-bond donors (Lipinski definition) is 2. The van der Waals surface area contributed by atoms with Gasteiger partial charge in [-0.15, -0.1) is 0 Å². The smallest absolute Gasteiger partial charge is 0.165 e.